The van der Waals surface area contributed by atoms with Crippen molar-refractivity contribution in [3.8, 4) is 17.2 Å². The van der Waals surface area contributed by atoms with Crippen LogP contribution >= 0.6 is 0 Å². The zero-order valence-corrected chi connectivity index (χ0v) is 18.0. The highest BCUT2D eigenvalue weighted by Crippen LogP contribution is 2.30. The Morgan fingerprint density at radius 1 is 1.20 bits per heavy atom. The van der Waals surface area contributed by atoms with E-state index in [0.29, 0.717) is 35.0 Å². The maximum Gasteiger partial charge on any atom is 0.263 e. The fraction of sp³-hybridized carbons (Fsp3) is 0.391. The van der Waals surface area contributed by atoms with Crippen LogP contribution in [0.25, 0.3) is 0 Å². The quantitative estimate of drug-likeness (QED) is 0.780. The fourth-order valence-electron chi connectivity index (χ4n) is 3.37. The van der Waals surface area contributed by atoms with Gasteiger partial charge in [0.05, 0.1) is 14.2 Å². The van der Waals surface area contributed by atoms with E-state index in [0.717, 1.165) is 12.0 Å². The van der Waals surface area contributed by atoms with E-state index in [1.165, 1.54) is 14.2 Å². The molecule has 1 aliphatic heterocycles. The number of nitrogens with one attached hydrogen (secondary N) is 1. The molecule has 7 heteroatoms. The van der Waals surface area contributed by atoms with Crippen LogP contribution in [0, 0.1) is 0 Å². The normalized spacial score (nSPS) is 16.8. The minimum atomic E-state index is -0.551. The van der Waals surface area contributed by atoms with Gasteiger partial charge in [-0.2, -0.15) is 0 Å². The first-order chi connectivity index (χ1) is 14.4. The molecule has 1 heterocycles. The van der Waals surface area contributed by atoms with Crippen molar-refractivity contribution in [1.29, 1.82) is 0 Å². The van der Waals surface area contributed by atoms with Crippen molar-refractivity contribution in [2.45, 2.75) is 45.9 Å². The number of benzene rings is 2. The summed E-state index contributed by atoms with van der Waals surface area (Å²) < 4.78 is 16.3. The van der Waals surface area contributed by atoms with Crippen LogP contribution in [0.4, 0.5) is 5.69 Å². The number of anilines is 1. The Morgan fingerprint density at radius 2 is 1.87 bits per heavy atom. The first kappa shape index (κ1) is 21.5. The Hall–Kier alpha value is -3.22. The topological polar surface area (TPSA) is 77.1 Å². The molecule has 1 aliphatic rings. The lowest BCUT2D eigenvalue weighted by molar-refractivity contribution is -0.139. The van der Waals surface area contributed by atoms with Gasteiger partial charge in [0.25, 0.3) is 11.8 Å². The van der Waals surface area contributed by atoms with E-state index in [9.17, 15) is 9.59 Å². The lowest BCUT2D eigenvalue weighted by Crippen LogP contribution is -2.42. The molecule has 2 aromatic rings. The van der Waals surface area contributed by atoms with Gasteiger partial charge >= 0.3 is 0 Å². The summed E-state index contributed by atoms with van der Waals surface area (Å²) in [6, 6.07) is 10.5. The van der Waals surface area contributed by atoms with Crippen LogP contribution in [0.15, 0.2) is 36.4 Å². The smallest absolute Gasteiger partial charge is 0.263 e. The van der Waals surface area contributed by atoms with Gasteiger partial charge in [-0.1, -0.05) is 6.92 Å². The highest BCUT2D eigenvalue weighted by Gasteiger charge is 2.30. The summed E-state index contributed by atoms with van der Waals surface area (Å²) in [6.07, 6.45) is 0.298. The van der Waals surface area contributed by atoms with E-state index < -0.39 is 6.10 Å². The fourth-order valence-corrected chi connectivity index (χ4v) is 3.37. The van der Waals surface area contributed by atoms with Crippen molar-refractivity contribution in [1.82, 2.24) is 4.90 Å². The van der Waals surface area contributed by atoms with Gasteiger partial charge in [0.2, 0.25) is 0 Å². The van der Waals surface area contributed by atoms with E-state index in [2.05, 4.69) is 5.32 Å². The third-order valence-corrected chi connectivity index (χ3v) is 5.33. The standard InChI is InChI=1S/C23H28N2O5/c1-6-14(2)25-13-17-9-18(7-8-21(17)30-15(3)23(25)27)24-22(26)16-10-19(28-4)12-20(11-16)29-5/h7-12,14-15H,6,13H2,1-5H3,(H,24,26)/t14-,15+/m1/s1. The first-order valence-corrected chi connectivity index (χ1v) is 10.0. The Morgan fingerprint density at radius 3 is 2.47 bits per heavy atom. The van der Waals surface area contributed by atoms with Crippen molar-refractivity contribution in [2.24, 2.45) is 0 Å². The van der Waals surface area contributed by atoms with E-state index in [-0.39, 0.29) is 17.9 Å². The average Bonchev–Trinajstić information content (AvgIpc) is 2.88. The zero-order chi connectivity index (χ0) is 21.8. The summed E-state index contributed by atoms with van der Waals surface area (Å²) in [7, 11) is 3.07. The molecule has 3 rings (SSSR count). The number of hydrogen-bond donors (Lipinski definition) is 1. The van der Waals surface area contributed by atoms with Gasteiger partial charge in [-0.05, 0) is 50.6 Å². The molecular formula is C23H28N2O5. The maximum absolute atomic E-state index is 12.8. The van der Waals surface area contributed by atoms with Crippen molar-refractivity contribution >= 4 is 17.5 Å². The molecule has 0 bridgehead atoms. The molecule has 0 saturated carbocycles. The van der Waals surface area contributed by atoms with Gasteiger partial charge in [0.1, 0.15) is 17.2 Å². The first-order valence-electron chi connectivity index (χ1n) is 10.0. The van der Waals surface area contributed by atoms with Gasteiger partial charge < -0.3 is 24.4 Å². The Kier molecular flexibility index (Phi) is 6.50. The minimum Gasteiger partial charge on any atom is -0.497 e. The van der Waals surface area contributed by atoms with Crippen LogP contribution < -0.4 is 19.5 Å². The van der Waals surface area contributed by atoms with Crippen molar-refractivity contribution in [2.75, 3.05) is 19.5 Å². The number of ether oxygens (including phenoxy) is 3. The summed E-state index contributed by atoms with van der Waals surface area (Å²) in [6.45, 7) is 6.27. The van der Waals surface area contributed by atoms with Crippen LogP contribution in [0.5, 0.6) is 17.2 Å². The molecule has 0 aliphatic carbocycles. The second-order valence-corrected chi connectivity index (χ2v) is 7.36. The van der Waals surface area contributed by atoms with Crippen molar-refractivity contribution in [3.05, 3.63) is 47.5 Å². The monoisotopic (exact) mass is 412 g/mol. The molecule has 7 nitrogen and oxygen atoms in total. The number of fused-ring (bicyclic) bond motifs is 1. The number of rotatable bonds is 6. The van der Waals surface area contributed by atoms with Crippen LogP contribution in [0.1, 0.15) is 43.1 Å². The Balaban J connectivity index is 1.86. The average molecular weight is 412 g/mol. The van der Waals surface area contributed by atoms with Gasteiger partial charge in [0.15, 0.2) is 6.10 Å². The Labute approximate surface area is 176 Å². The Bertz CT molecular complexity index is 921. The molecule has 2 amide bonds. The number of nitrogens with zero attached hydrogens (tertiary/aromatic N) is 1. The number of carbonyl (C=O) groups is 2. The molecule has 0 saturated heterocycles. The zero-order valence-electron chi connectivity index (χ0n) is 18.0. The summed E-state index contributed by atoms with van der Waals surface area (Å²) in [5.41, 5.74) is 1.90. The second-order valence-electron chi connectivity index (χ2n) is 7.36. The number of carbonyl (C=O) groups excluding carboxylic acids is 2. The van der Waals surface area contributed by atoms with Gasteiger partial charge in [-0.3, -0.25) is 9.59 Å². The molecule has 1 N–H and O–H groups in total. The molecule has 0 unspecified atom stereocenters. The van der Waals surface area contributed by atoms with Crippen LogP contribution in [0.3, 0.4) is 0 Å². The van der Waals surface area contributed by atoms with Crippen molar-refractivity contribution < 1.29 is 23.8 Å². The maximum atomic E-state index is 12.8. The predicted octanol–water partition coefficient (Wildman–Crippen LogP) is 3.86. The van der Waals surface area contributed by atoms with Gasteiger partial charge in [-0.25, -0.2) is 0 Å². The third kappa shape index (κ3) is 4.50. The number of methoxy groups -OCH3 is 2. The summed E-state index contributed by atoms with van der Waals surface area (Å²) in [5, 5.41) is 2.90. The molecule has 0 radical (unpaired) electrons. The summed E-state index contributed by atoms with van der Waals surface area (Å²) >= 11 is 0. The number of hydrogen-bond acceptors (Lipinski definition) is 5. The largest absolute Gasteiger partial charge is 0.497 e. The molecule has 2 atom stereocenters. The predicted molar refractivity (Wildman–Crippen MR) is 114 cm³/mol. The summed E-state index contributed by atoms with van der Waals surface area (Å²) in [4.78, 5) is 27.3. The van der Waals surface area contributed by atoms with E-state index in [4.69, 9.17) is 14.2 Å². The lowest BCUT2D eigenvalue weighted by atomic mass is 10.1. The molecule has 30 heavy (non-hydrogen) atoms. The molecule has 0 spiro atoms. The SMILES string of the molecule is CC[C@@H](C)N1Cc2cc(NC(=O)c3cc(OC)cc(OC)c3)ccc2O[C@@H](C)C1=O. The van der Waals surface area contributed by atoms with E-state index in [1.807, 2.05) is 24.8 Å². The van der Waals surface area contributed by atoms with Gasteiger partial charge in [0, 0.05) is 35.5 Å². The van der Waals surface area contributed by atoms with Crippen molar-refractivity contribution in [3.63, 3.8) is 0 Å². The second kappa shape index (κ2) is 9.07. The van der Waals surface area contributed by atoms with Crippen LogP contribution in [-0.4, -0.2) is 43.1 Å². The molecule has 160 valence electrons. The van der Waals surface area contributed by atoms with Crippen LogP contribution in [0.2, 0.25) is 0 Å². The van der Waals surface area contributed by atoms with E-state index in [1.54, 1.807) is 37.3 Å². The minimum absolute atomic E-state index is 0.0328. The molecule has 2 aromatic carbocycles. The number of amides is 2. The van der Waals surface area contributed by atoms with Crippen LogP contribution in [-0.2, 0) is 11.3 Å². The molecule has 0 aromatic heterocycles. The molecular weight excluding hydrogens is 384 g/mol. The molecule has 0 fully saturated rings. The highest BCUT2D eigenvalue weighted by molar-refractivity contribution is 6.05. The lowest BCUT2D eigenvalue weighted by Gasteiger charge is -2.28. The highest BCUT2D eigenvalue weighted by atomic mass is 16.5. The van der Waals surface area contributed by atoms with Gasteiger partial charge in [-0.15, -0.1) is 0 Å². The third-order valence-electron chi connectivity index (χ3n) is 5.33. The van der Waals surface area contributed by atoms with E-state index >= 15 is 0 Å². The summed E-state index contributed by atoms with van der Waals surface area (Å²) in [5.74, 6) is 1.40.